The third kappa shape index (κ3) is 5.53. The van der Waals surface area contributed by atoms with E-state index in [4.69, 9.17) is 19.4 Å². The molecule has 12 heteroatoms. The summed E-state index contributed by atoms with van der Waals surface area (Å²) < 4.78 is 40.5. The van der Waals surface area contributed by atoms with E-state index in [2.05, 4.69) is 10.3 Å². The molecule has 1 atom stereocenters. The number of ether oxygens (including phenoxy) is 2. The van der Waals surface area contributed by atoms with Gasteiger partial charge >= 0.3 is 0 Å². The molecule has 3 aromatic rings. The second kappa shape index (κ2) is 11.4. The molecule has 3 saturated heterocycles. The largest absolute Gasteiger partial charge is 0.381 e. The number of likely N-dealkylation sites (tertiary alicyclic amines) is 1. The summed E-state index contributed by atoms with van der Waals surface area (Å²) in [4.78, 5) is 30.6. The Morgan fingerprint density at radius 1 is 1.00 bits per heavy atom. The number of nitrogens with zero attached hydrogens (tertiary/aromatic N) is 6. The molecule has 3 fully saturated rings. The number of rotatable bonds is 7. The Balaban J connectivity index is 1.24. The lowest BCUT2D eigenvalue weighted by atomic mass is 9.99. The average molecular weight is 542 g/mol. The topological polar surface area (TPSA) is 97.6 Å². The van der Waals surface area contributed by atoms with Gasteiger partial charge in [-0.05, 0) is 37.3 Å². The zero-order valence-corrected chi connectivity index (χ0v) is 21.8. The number of imidazole rings is 1. The summed E-state index contributed by atoms with van der Waals surface area (Å²) >= 11 is 0. The van der Waals surface area contributed by atoms with Crippen molar-refractivity contribution in [1.29, 1.82) is 0 Å². The molecule has 5 heterocycles. The van der Waals surface area contributed by atoms with Crippen LogP contribution in [0.25, 0.3) is 16.9 Å². The molecule has 1 N–H and O–H groups in total. The van der Waals surface area contributed by atoms with Crippen molar-refractivity contribution in [3.05, 3.63) is 36.2 Å². The second-order valence-electron chi connectivity index (χ2n) is 10.3. The first-order valence-corrected chi connectivity index (χ1v) is 13.6. The van der Waals surface area contributed by atoms with Crippen LogP contribution >= 0.6 is 0 Å². The number of hydrogen-bond acceptors (Lipinski definition) is 8. The third-order valence-electron chi connectivity index (χ3n) is 7.75. The van der Waals surface area contributed by atoms with E-state index >= 15 is 0 Å². The summed E-state index contributed by atoms with van der Waals surface area (Å²) in [6.45, 7) is 5.67. The van der Waals surface area contributed by atoms with E-state index in [0.717, 1.165) is 25.8 Å². The van der Waals surface area contributed by atoms with E-state index in [1.54, 1.807) is 30.3 Å². The average Bonchev–Trinajstić information content (AvgIpc) is 3.62. The zero-order valence-electron chi connectivity index (χ0n) is 21.8. The van der Waals surface area contributed by atoms with Gasteiger partial charge in [-0.3, -0.25) is 9.36 Å². The normalized spacial score (nSPS) is 20.7. The standard InChI is InChI=1S/C27H33F2N7O3/c28-24(29)25-31-20-3-1-2-4-21(20)36(25)23-15-22(32-27(33-23)34-9-13-39-14-10-34)30-16-18-5-8-35(17-18)26(37)19-6-11-38-12-7-19/h1-4,15,18-19,24H,5-14,16-17H2,(H,30,32,33)/t18-/m1/s1. The number of anilines is 2. The highest BCUT2D eigenvalue weighted by atomic mass is 19.3. The number of amides is 1. The fourth-order valence-corrected chi connectivity index (χ4v) is 5.61. The molecule has 0 unspecified atom stereocenters. The Kier molecular flexibility index (Phi) is 7.55. The summed E-state index contributed by atoms with van der Waals surface area (Å²) in [5.74, 6) is 1.54. The number of alkyl halides is 2. The van der Waals surface area contributed by atoms with Crippen molar-refractivity contribution in [3.8, 4) is 5.82 Å². The fraction of sp³-hybridized carbons (Fsp3) is 0.556. The van der Waals surface area contributed by atoms with Gasteiger partial charge in [0.1, 0.15) is 11.6 Å². The highest BCUT2D eigenvalue weighted by molar-refractivity contribution is 5.79. The number of carbonyl (C=O) groups excluding carboxylic acids is 1. The van der Waals surface area contributed by atoms with Crippen molar-refractivity contribution >= 4 is 28.7 Å². The minimum Gasteiger partial charge on any atom is -0.381 e. The van der Waals surface area contributed by atoms with E-state index in [-0.39, 0.29) is 23.6 Å². The monoisotopic (exact) mass is 541 g/mol. The van der Waals surface area contributed by atoms with Gasteiger partial charge in [0.05, 0.1) is 24.2 Å². The number of aromatic nitrogens is 4. The van der Waals surface area contributed by atoms with E-state index in [1.165, 1.54) is 4.57 Å². The van der Waals surface area contributed by atoms with Crippen molar-refractivity contribution in [1.82, 2.24) is 24.4 Å². The zero-order chi connectivity index (χ0) is 26.8. The quantitative estimate of drug-likeness (QED) is 0.487. The summed E-state index contributed by atoms with van der Waals surface area (Å²) in [6.07, 6.45) is -0.294. The molecule has 208 valence electrons. The number of nitrogens with one attached hydrogen (secondary N) is 1. The lowest BCUT2D eigenvalue weighted by molar-refractivity contribution is -0.137. The fourth-order valence-electron chi connectivity index (χ4n) is 5.61. The van der Waals surface area contributed by atoms with Gasteiger partial charge < -0.3 is 24.6 Å². The lowest BCUT2D eigenvalue weighted by Crippen LogP contribution is -2.38. The van der Waals surface area contributed by atoms with Gasteiger partial charge in [-0.2, -0.15) is 9.97 Å². The van der Waals surface area contributed by atoms with Crippen LogP contribution in [0.4, 0.5) is 20.5 Å². The van der Waals surface area contributed by atoms with Crippen molar-refractivity contribution in [3.63, 3.8) is 0 Å². The first-order valence-electron chi connectivity index (χ1n) is 13.6. The number of carbonyl (C=O) groups is 1. The van der Waals surface area contributed by atoms with Crippen LogP contribution in [0, 0.1) is 11.8 Å². The molecule has 0 bridgehead atoms. The van der Waals surface area contributed by atoms with Gasteiger partial charge in [0.25, 0.3) is 6.43 Å². The molecule has 2 aromatic heterocycles. The summed E-state index contributed by atoms with van der Waals surface area (Å²) in [5.41, 5.74) is 1.04. The molecule has 0 spiro atoms. The van der Waals surface area contributed by atoms with Crippen LogP contribution in [-0.4, -0.2) is 89.5 Å². The number of para-hydroxylation sites is 2. The smallest absolute Gasteiger partial charge is 0.296 e. The molecule has 3 aliphatic heterocycles. The predicted molar refractivity (Wildman–Crippen MR) is 141 cm³/mol. The Labute approximate surface area is 225 Å². The molecule has 1 amide bonds. The Bertz CT molecular complexity index is 1310. The molecule has 0 saturated carbocycles. The molecule has 0 radical (unpaired) electrons. The van der Waals surface area contributed by atoms with Gasteiger partial charge in [-0.25, -0.2) is 13.8 Å². The number of fused-ring (bicyclic) bond motifs is 1. The highest BCUT2D eigenvalue weighted by Crippen LogP contribution is 2.29. The Morgan fingerprint density at radius 3 is 2.56 bits per heavy atom. The predicted octanol–water partition coefficient (Wildman–Crippen LogP) is 3.28. The molecule has 0 aliphatic carbocycles. The van der Waals surface area contributed by atoms with Crippen LogP contribution < -0.4 is 10.2 Å². The SMILES string of the molecule is O=C(C1CCOCC1)N1CC[C@H](CNc2cc(-n3c(C(F)F)nc4ccccc43)nc(N3CCOCC3)n2)C1. The molecule has 1 aromatic carbocycles. The maximum absolute atomic E-state index is 14.1. The van der Waals surface area contributed by atoms with Crippen LogP contribution in [0.3, 0.4) is 0 Å². The Morgan fingerprint density at radius 2 is 1.77 bits per heavy atom. The van der Waals surface area contributed by atoms with Crippen molar-refractivity contribution in [2.75, 3.05) is 69.4 Å². The molecular formula is C27H33F2N7O3. The summed E-state index contributed by atoms with van der Waals surface area (Å²) in [6, 6.07) is 8.75. The Hall–Kier alpha value is -3.38. The van der Waals surface area contributed by atoms with Crippen LogP contribution in [0.15, 0.2) is 30.3 Å². The summed E-state index contributed by atoms with van der Waals surface area (Å²) in [7, 11) is 0. The van der Waals surface area contributed by atoms with Crippen molar-refractivity contribution in [2.45, 2.75) is 25.7 Å². The molecule has 10 nitrogen and oxygen atoms in total. The number of benzene rings is 1. The van der Waals surface area contributed by atoms with Gasteiger partial charge in [0.2, 0.25) is 11.9 Å². The van der Waals surface area contributed by atoms with E-state index < -0.39 is 6.43 Å². The number of morpholine rings is 1. The van der Waals surface area contributed by atoms with Gasteiger partial charge in [-0.15, -0.1) is 0 Å². The minimum atomic E-state index is -2.77. The van der Waals surface area contributed by atoms with Crippen LogP contribution in [-0.2, 0) is 14.3 Å². The number of halogens is 2. The van der Waals surface area contributed by atoms with Crippen LogP contribution in [0.1, 0.15) is 31.5 Å². The van der Waals surface area contributed by atoms with E-state index in [0.29, 0.717) is 81.2 Å². The van der Waals surface area contributed by atoms with Gasteiger partial charge in [-0.1, -0.05) is 12.1 Å². The molecular weight excluding hydrogens is 508 g/mol. The first kappa shape index (κ1) is 25.9. The first-order chi connectivity index (χ1) is 19.1. The maximum atomic E-state index is 14.1. The number of hydrogen-bond donors (Lipinski definition) is 1. The van der Waals surface area contributed by atoms with Crippen LogP contribution in [0.5, 0.6) is 0 Å². The van der Waals surface area contributed by atoms with E-state index in [9.17, 15) is 13.6 Å². The minimum absolute atomic E-state index is 0.0556. The van der Waals surface area contributed by atoms with Crippen molar-refractivity contribution < 1.29 is 23.0 Å². The van der Waals surface area contributed by atoms with E-state index in [1.807, 2.05) is 9.80 Å². The lowest BCUT2D eigenvalue weighted by Gasteiger charge is -2.27. The molecule has 3 aliphatic rings. The summed E-state index contributed by atoms with van der Waals surface area (Å²) in [5, 5.41) is 3.42. The van der Waals surface area contributed by atoms with Crippen LogP contribution in [0.2, 0.25) is 0 Å². The third-order valence-corrected chi connectivity index (χ3v) is 7.75. The maximum Gasteiger partial charge on any atom is 0.296 e. The van der Waals surface area contributed by atoms with Crippen molar-refractivity contribution in [2.24, 2.45) is 11.8 Å². The molecule has 6 rings (SSSR count). The second-order valence-corrected chi connectivity index (χ2v) is 10.3. The van der Waals surface area contributed by atoms with Gasteiger partial charge in [0.15, 0.2) is 5.82 Å². The highest BCUT2D eigenvalue weighted by Gasteiger charge is 2.32. The van der Waals surface area contributed by atoms with Gasteiger partial charge in [0, 0.05) is 57.9 Å². The molecule has 39 heavy (non-hydrogen) atoms.